The Kier molecular flexibility index (Phi) is 6.40. The Morgan fingerprint density at radius 2 is 1.94 bits per heavy atom. The lowest BCUT2D eigenvalue weighted by molar-refractivity contribution is -0.135. The van der Waals surface area contributed by atoms with Gasteiger partial charge in [-0.1, -0.05) is 12.1 Å². The number of nitrogens with one attached hydrogen (secondary N) is 1. The van der Waals surface area contributed by atoms with E-state index in [-0.39, 0.29) is 41.4 Å². The van der Waals surface area contributed by atoms with Crippen molar-refractivity contribution in [2.24, 2.45) is 0 Å². The number of likely N-dealkylation sites (N-methyl/N-ethyl adjacent to an activating group) is 1. The van der Waals surface area contributed by atoms with Gasteiger partial charge in [0.1, 0.15) is 16.4 Å². The number of carbonyl (C=O) groups excluding carboxylic acids is 2. The van der Waals surface area contributed by atoms with Crippen molar-refractivity contribution in [3.63, 3.8) is 0 Å². The number of nitrogens with zero attached hydrogens (tertiary/aromatic N) is 2. The molecule has 1 N–H and O–H groups in total. The van der Waals surface area contributed by atoms with E-state index in [0.717, 1.165) is 4.31 Å². The molecule has 0 bridgehead atoms. The van der Waals surface area contributed by atoms with E-state index in [1.54, 1.807) is 51.4 Å². The summed E-state index contributed by atoms with van der Waals surface area (Å²) < 4.78 is 40.0. The monoisotopic (exact) mass is 447 g/mol. The molecule has 0 aliphatic carbocycles. The summed E-state index contributed by atoms with van der Waals surface area (Å²) in [6.45, 7) is 3.13. The fraction of sp³-hybridized carbons (Fsp3) is 0.333. The van der Waals surface area contributed by atoms with E-state index in [2.05, 4.69) is 5.32 Å². The van der Waals surface area contributed by atoms with Crippen molar-refractivity contribution < 1.29 is 27.5 Å². The molecule has 2 aromatic carbocycles. The lowest BCUT2D eigenvalue weighted by Gasteiger charge is -2.35. The van der Waals surface area contributed by atoms with Crippen molar-refractivity contribution in [1.82, 2.24) is 4.90 Å². The highest BCUT2D eigenvalue weighted by molar-refractivity contribution is 7.93. The third kappa shape index (κ3) is 4.58. The van der Waals surface area contributed by atoms with Gasteiger partial charge in [-0.05, 0) is 37.3 Å². The van der Waals surface area contributed by atoms with Crippen molar-refractivity contribution in [3.8, 4) is 11.5 Å². The van der Waals surface area contributed by atoms with Crippen LogP contribution in [-0.2, 0) is 19.6 Å². The summed E-state index contributed by atoms with van der Waals surface area (Å²) >= 11 is 0. The van der Waals surface area contributed by atoms with Crippen LogP contribution in [0.5, 0.6) is 11.5 Å². The first-order chi connectivity index (χ1) is 14.6. The SMILES string of the molecule is CCOc1ccc(NC(C)=O)cc1S(=O)(=O)N1CC(C(=O)N(C)C)Oc2ccccc21. The lowest BCUT2D eigenvalue weighted by Crippen LogP contribution is -2.50. The molecule has 1 aliphatic heterocycles. The zero-order valence-corrected chi connectivity index (χ0v) is 18.6. The Morgan fingerprint density at radius 1 is 1.23 bits per heavy atom. The number of anilines is 2. The first kappa shape index (κ1) is 22.4. The number of sulfonamides is 1. The van der Waals surface area contributed by atoms with E-state index in [9.17, 15) is 18.0 Å². The minimum absolute atomic E-state index is 0.117. The maximum atomic E-state index is 13.8. The zero-order valence-electron chi connectivity index (χ0n) is 17.8. The molecule has 0 fully saturated rings. The van der Waals surface area contributed by atoms with Crippen LogP contribution in [0.15, 0.2) is 47.4 Å². The second-order valence-electron chi connectivity index (χ2n) is 7.12. The Hall–Kier alpha value is -3.27. The van der Waals surface area contributed by atoms with Gasteiger partial charge in [0.05, 0.1) is 18.8 Å². The quantitative estimate of drug-likeness (QED) is 0.727. The highest BCUT2D eigenvalue weighted by Crippen LogP contribution is 2.39. The van der Waals surface area contributed by atoms with Crippen LogP contribution in [0.25, 0.3) is 0 Å². The second-order valence-corrected chi connectivity index (χ2v) is 8.95. The van der Waals surface area contributed by atoms with E-state index >= 15 is 0 Å². The van der Waals surface area contributed by atoms with Crippen molar-refractivity contribution in [1.29, 1.82) is 0 Å². The van der Waals surface area contributed by atoms with Gasteiger partial charge in [-0.25, -0.2) is 8.42 Å². The number of benzene rings is 2. The van der Waals surface area contributed by atoms with Crippen LogP contribution in [-0.4, -0.2) is 58.5 Å². The van der Waals surface area contributed by atoms with Gasteiger partial charge in [0.25, 0.3) is 15.9 Å². The summed E-state index contributed by atoms with van der Waals surface area (Å²) in [7, 11) is -1.02. The van der Waals surface area contributed by atoms with Crippen LogP contribution >= 0.6 is 0 Å². The van der Waals surface area contributed by atoms with Crippen molar-refractivity contribution in [2.45, 2.75) is 24.8 Å². The summed E-state index contributed by atoms with van der Waals surface area (Å²) in [5.74, 6) is -0.253. The number of carbonyl (C=O) groups is 2. The van der Waals surface area contributed by atoms with E-state index < -0.39 is 16.1 Å². The van der Waals surface area contributed by atoms with E-state index in [4.69, 9.17) is 9.47 Å². The molecule has 3 rings (SSSR count). The van der Waals surface area contributed by atoms with Gasteiger partial charge in [0, 0.05) is 26.7 Å². The summed E-state index contributed by atoms with van der Waals surface area (Å²) in [6.07, 6.45) is -1.01. The molecule has 1 unspecified atom stereocenters. The number of hydrogen-bond acceptors (Lipinski definition) is 6. The number of para-hydroxylation sites is 2. The van der Waals surface area contributed by atoms with Gasteiger partial charge in [-0.3, -0.25) is 13.9 Å². The molecule has 0 saturated carbocycles. The molecule has 2 aromatic rings. The maximum Gasteiger partial charge on any atom is 0.268 e. The molecule has 1 aliphatic rings. The van der Waals surface area contributed by atoms with Gasteiger partial charge in [0.2, 0.25) is 5.91 Å². The predicted molar refractivity (Wildman–Crippen MR) is 116 cm³/mol. The largest absolute Gasteiger partial charge is 0.492 e. The predicted octanol–water partition coefficient (Wildman–Crippen LogP) is 2.09. The molecule has 0 spiro atoms. The molecule has 31 heavy (non-hydrogen) atoms. The maximum absolute atomic E-state index is 13.8. The minimum atomic E-state index is -4.17. The van der Waals surface area contributed by atoms with Gasteiger partial charge in [-0.15, -0.1) is 0 Å². The third-order valence-corrected chi connectivity index (χ3v) is 6.38. The van der Waals surface area contributed by atoms with Gasteiger partial charge in [0.15, 0.2) is 6.10 Å². The standard InChI is InChI=1S/C21H25N3O6S/c1-5-29-18-11-10-15(22-14(2)25)12-20(18)31(27,28)24-13-19(21(26)23(3)4)30-17-9-7-6-8-16(17)24/h6-12,19H,5,13H2,1-4H3,(H,22,25). The minimum Gasteiger partial charge on any atom is -0.492 e. The zero-order chi connectivity index (χ0) is 22.8. The van der Waals surface area contributed by atoms with E-state index in [0.29, 0.717) is 11.4 Å². The average molecular weight is 448 g/mol. The van der Waals surface area contributed by atoms with Crippen LogP contribution in [0.1, 0.15) is 13.8 Å². The molecule has 166 valence electrons. The molecule has 2 amide bonds. The molecule has 0 saturated heterocycles. The van der Waals surface area contributed by atoms with Gasteiger partial charge >= 0.3 is 0 Å². The number of amides is 2. The Bertz CT molecular complexity index is 1100. The number of hydrogen-bond donors (Lipinski definition) is 1. The van der Waals surface area contributed by atoms with Crippen molar-refractivity contribution in [3.05, 3.63) is 42.5 Å². The highest BCUT2D eigenvalue weighted by Gasteiger charge is 2.39. The molecular formula is C21H25N3O6S. The smallest absolute Gasteiger partial charge is 0.268 e. The van der Waals surface area contributed by atoms with Crippen LogP contribution in [0.2, 0.25) is 0 Å². The highest BCUT2D eigenvalue weighted by atomic mass is 32.2. The number of ether oxygens (including phenoxy) is 2. The third-order valence-electron chi connectivity index (χ3n) is 4.58. The molecule has 10 heteroatoms. The lowest BCUT2D eigenvalue weighted by atomic mass is 10.2. The first-order valence-corrected chi connectivity index (χ1v) is 11.1. The van der Waals surface area contributed by atoms with E-state index in [1.807, 2.05) is 0 Å². The molecule has 1 heterocycles. The van der Waals surface area contributed by atoms with Crippen molar-refractivity contribution >= 4 is 33.2 Å². The first-order valence-electron chi connectivity index (χ1n) is 9.69. The van der Waals surface area contributed by atoms with Crippen LogP contribution < -0.4 is 19.1 Å². The fourth-order valence-electron chi connectivity index (χ4n) is 3.23. The average Bonchev–Trinajstić information content (AvgIpc) is 2.73. The summed E-state index contributed by atoms with van der Waals surface area (Å²) in [5, 5.41) is 2.59. The van der Waals surface area contributed by atoms with Crippen LogP contribution in [0, 0.1) is 0 Å². The normalized spacial score (nSPS) is 15.5. The summed E-state index contributed by atoms with van der Waals surface area (Å²) in [5.41, 5.74) is 0.634. The van der Waals surface area contributed by atoms with Crippen molar-refractivity contribution in [2.75, 3.05) is 36.9 Å². The Labute approximate surface area is 181 Å². The summed E-state index contributed by atoms with van der Waals surface area (Å²) in [4.78, 5) is 25.3. The molecule has 0 radical (unpaired) electrons. The van der Waals surface area contributed by atoms with Gasteiger partial charge in [-0.2, -0.15) is 0 Å². The van der Waals surface area contributed by atoms with E-state index in [1.165, 1.54) is 24.0 Å². The number of fused-ring (bicyclic) bond motifs is 1. The van der Waals surface area contributed by atoms with Crippen LogP contribution in [0.4, 0.5) is 11.4 Å². The molecular weight excluding hydrogens is 422 g/mol. The topological polar surface area (TPSA) is 105 Å². The molecule has 0 aromatic heterocycles. The van der Waals surface area contributed by atoms with Crippen LogP contribution in [0.3, 0.4) is 0 Å². The molecule has 9 nitrogen and oxygen atoms in total. The number of rotatable bonds is 6. The fourth-order valence-corrected chi connectivity index (χ4v) is 4.87. The Morgan fingerprint density at radius 3 is 2.58 bits per heavy atom. The second kappa shape index (κ2) is 8.84. The summed E-state index contributed by atoms with van der Waals surface area (Å²) in [6, 6.07) is 11.0. The van der Waals surface area contributed by atoms with Gasteiger partial charge < -0.3 is 19.7 Å². The molecule has 1 atom stereocenters. The Balaban J connectivity index is 2.13.